The molecule has 3 heteroatoms. The first-order valence-electron chi connectivity index (χ1n) is 7.04. The van der Waals surface area contributed by atoms with E-state index in [1.165, 1.54) is 12.7 Å². The molecule has 2 rings (SSSR count). The highest BCUT2D eigenvalue weighted by Gasteiger charge is 2.42. The van der Waals surface area contributed by atoms with Crippen LogP contribution in [0.2, 0.25) is 0 Å². The second-order valence-corrected chi connectivity index (χ2v) is 5.40. The highest BCUT2D eigenvalue weighted by Crippen LogP contribution is 2.33. The van der Waals surface area contributed by atoms with Gasteiger partial charge in [0.1, 0.15) is 6.04 Å². The van der Waals surface area contributed by atoms with Crippen molar-refractivity contribution in [1.82, 2.24) is 4.90 Å². The first kappa shape index (κ1) is 14.1. The first-order valence-corrected chi connectivity index (χ1v) is 7.04. The van der Waals surface area contributed by atoms with E-state index in [1.54, 1.807) is 0 Å². The van der Waals surface area contributed by atoms with Crippen LogP contribution >= 0.6 is 0 Å². The Bertz CT molecular complexity index is 418. The maximum absolute atomic E-state index is 12.0. The summed E-state index contributed by atoms with van der Waals surface area (Å²) in [5.74, 6) is 0.264. The molecule has 0 N–H and O–H groups in total. The standard InChI is InChI=1S/C16H23NO2/c1-4-14-10-12(2)15(16(18)19-3)17(14)11-13-8-6-5-7-9-13/h5-9,12,14-15H,4,10-11H2,1-3H3/t12-,14+,15+/m1/s1. The van der Waals surface area contributed by atoms with Crippen LogP contribution in [-0.2, 0) is 16.1 Å². The van der Waals surface area contributed by atoms with Crippen molar-refractivity contribution in [3.8, 4) is 0 Å². The van der Waals surface area contributed by atoms with Gasteiger partial charge in [-0.3, -0.25) is 9.69 Å². The van der Waals surface area contributed by atoms with Gasteiger partial charge in [0.15, 0.2) is 0 Å². The number of hydrogen-bond donors (Lipinski definition) is 0. The molecule has 3 nitrogen and oxygen atoms in total. The molecule has 1 aliphatic rings. The summed E-state index contributed by atoms with van der Waals surface area (Å²) in [6.07, 6.45) is 2.15. The quantitative estimate of drug-likeness (QED) is 0.781. The van der Waals surface area contributed by atoms with Crippen LogP contribution in [0, 0.1) is 5.92 Å². The molecule has 0 unspecified atom stereocenters. The molecule has 1 aliphatic heterocycles. The van der Waals surface area contributed by atoms with Crippen molar-refractivity contribution in [2.24, 2.45) is 5.92 Å². The van der Waals surface area contributed by atoms with Crippen molar-refractivity contribution in [3.05, 3.63) is 35.9 Å². The van der Waals surface area contributed by atoms with Crippen molar-refractivity contribution < 1.29 is 9.53 Å². The molecular formula is C16H23NO2. The summed E-state index contributed by atoms with van der Waals surface area (Å²) in [6.45, 7) is 5.16. The zero-order valence-corrected chi connectivity index (χ0v) is 12.0. The van der Waals surface area contributed by atoms with Gasteiger partial charge in [0, 0.05) is 12.6 Å². The van der Waals surface area contributed by atoms with E-state index in [-0.39, 0.29) is 12.0 Å². The summed E-state index contributed by atoms with van der Waals surface area (Å²) in [5, 5.41) is 0. The largest absolute Gasteiger partial charge is 0.468 e. The van der Waals surface area contributed by atoms with E-state index in [2.05, 4.69) is 30.9 Å². The lowest BCUT2D eigenvalue weighted by molar-refractivity contribution is -0.147. The van der Waals surface area contributed by atoms with Gasteiger partial charge in [0.2, 0.25) is 0 Å². The lowest BCUT2D eigenvalue weighted by atomic mass is 10.0. The molecular weight excluding hydrogens is 238 g/mol. The average Bonchev–Trinajstić information content (AvgIpc) is 2.75. The van der Waals surface area contributed by atoms with Crippen molar-refractivity contribution in [2.45, 2.75) is 45.3 Å². The highest BCUT2D eigenvalue weighted by atomic mass is 16.5. The number of methoxy groups -OCH3 is 1. The van der Waals surface area contributed by atoms with Crippen molar-refractivity contribution >= 4 is 5.97 Å². The summed E-state index contributed by atoms with van der Waals surface area (Å²) in [4.78, 5) is 14.3. The van der Waals surface area contributed by atoms with Gasteiger partial charge in [-0.2, -0.15) is 0 Å². The second kappa shape index (κ2) is 6.20. The van der Waals surface area contributed by atoms with E-state index in [1.807, 2.05) is 18.2 Å². The number of esters is 1. The molecule has 0 radical (unpaired) electrons. The Morgan fingerprint density at radius 2 is 2.05 bits per heavy atom. The summed E-state index contributed by atoms with van der Waals surface area (Å²) in [6, 6.07) is 10.7. The maximum atomic E-state index is 12.0. The number of carbonyl (C=O) groups excluding carboxylic acids is 1. The lowest BCUT2D eigenvalue weighted by Gasteiger charge is -2.29. The van der Waals surface area contributed by atoms with Gasteiger partial charge in [-0.05, 0) is 24.3 Å². The predicted octanol–water partition coefficient (Wildman–Crippen LogP) is 2.85. The third-order valence-electron chi connectivity index (χ3n) is 4.13. The van der Waals surface area contributed by atoms with Gasteiger partial charge >= 0.3 is 5.97 Å². The van der Waals surface area contributed by atoms with Crippen LogP contribution in [0.1, 0.15) is 32.3 Å². The van der Waals surface area contributed by atoms with Crippen LogP contribution < -0.4 is 0 Å². The van der Waals surface area contributed by atoms with E-state index in [0.717, 1.165) is 19.4 Å². The van der Waals surface area contributed by atoms with Gasteiger partial charge in [-0.1, -0.05) is 44.2 Å². The zero-order chi connectivity index (χ0) is 13.8. The van der Waals surface area contributed by atoms with E-state index in [4.69, 9.17) is 4.74 Å². The molecule has 104 valence electrons. The lowest BCUT2D eigenvalue weighted by Crippen LogP contribution is -2.42. The number of hydrogen-bond acceptors (Lipinski definition) is 3. The third-order valence-corrected chi connectivity index (χ3v) is 4.13. The minimum absolute atomic E-state index is 0.0978. The summed E-state index contributed by atoms with van der Waals surface area (Å²) in [5.41, 5.74) is 1.25. The minimum atomic E-state index is -0.102. The number of rotatable bonds is 4. The molecule has 0 saturated carbocycles. The smallest absolute Gasteiger partial charge is 0.323 e. The van der Waals surface area contributed by atoms with Crippen LogP contribution in [0.15, 0.2) is 30.3 Å². The molecule has 0 amide bonds. The van der Waals surface area contributed by atoms with E-state index >= 15 is 0 Å². The molecule has 0 bridgehead atoms. The topological polar surface area (TPSA) is 29.5 Å². The summed E-state index contributed by atoms with van der Waals surface area (Å²) < 4.78 is 4.98. The number of ether oxygens (including phenoxy) is 1. The van der Waals surface area contributed by atoms with Crippen LogP contribution in [0.5, 0.6) is 0 Å². The Morgan fingerprint density at radius 3 is 2.63 bits per heavy atom. The Morgan fingerprint density at radius 1 is 1.37 bits per heavy atom. The van der Waals surface area contributed by atoms with Crippen LogP contribution in [0.25, 0.3) is 0 Å². The number of benzene rings is 1. The fourth-order valence-corrected chi connectivity index (χ4v) is 3.16. The van der Waals surface area contributed by atoms with E-state index in [0.29, 0.717) is 12.0 Å². The van der Waals surface area contributed by atoms with Gasteiger partial charge in [0.05, 0.1) is 7.11 Å². The average molecular weight is 261 g/mol. The molecule has 1 aromatic carbocycles. The van der Waals surface area contributed by atoms with Gasteiger partial charge in [0.25, 0.3) is 0 Å². The molecule has 19 heavy (non-hydrogen) atoms. The van der Waals surface area contributed by atoms with Crippen LogP contribution in [0.4, 0.5) is 0 Å². The first-order chi connectivity index (χ1) is 9.17. The third kappa shape index (κ3) is 2.98. The highest BCUT2D eigenvalue weighted by molar-refractivity contribution is 5.76. The number of carbonyl (C=O) groups is 1. The van der Waals surface area contributed by atoms with Crippen LogP contribution in [-0.4, -0.2) is 30.1 Å². The maximum Gasteiger partial charge on any atom is 0.323 e. The molecule has 0 aromatic heterocycles. The molecule has 1 fully saturated rings. The Labute approximate surface area is 115 Å². The Kier molecular flexibility index (Phi) is 4.59. The zero-order valence-electron chi connectivity index (χ0n) is 12.0. The monoisotopic (exact) mass is 261 g/mol. The predicted molar refractivity (Wildman–Crippen MR) is 75.6 cm³/mol. The van der Waals surface area contributed by atoms with Gasteiger partial charge in [-0.15, -0.1) is 0 Å². The molecule has 0 aliphatic carbocycles. The van der Waals surface area contributed by atoms with Gasteiger partial charge in [-0.25, -0.2) is 0 Å². The van der Waals surface area contributed by atoms with E-state index in [9.17, 15) is 4.79 Å². The Hall–Kier alpha value is -1.35. The molecule has 1 saturated heterocycles. The molecule has 3 atom stereocenters. The SMILES string of the molecule is CC[C@H]1C[C@@H](C)[C@@H](C(=O)OC)N1Cc1ccccc1. The number of likely N-dealkylation sites (tertiary alicyclic amines) is 1. The normalized spacial score (nSPS) is 27.4. The molecule has 1 heterocycles. The van der Waals surface area contributed by atoms with Gasteiger partial charge < -0.3 is 4.74 Å². The number of nitrogens with zero attached hydrogens (tertiary/aromatic N) is 1. The minimum Gasteiger partial charge on any atom is -0.468 e. The second-order valence-electron chi connectivity index (χ2n) is 5.40. The fourth-order valence-electron chi connectivity index (χ4n) is 3.16. The van der Waals surface area contributed by atoms with Crippen molar-refractivity contribution in [1.29, 1.82) is 0 Å². The van der Waals surface area contributed by atoms with E-state index < -0.39 is 0 Å². The van der Waals surface area contributed by atoms with Crippen molar-refractivity contribution in [3.63, 3.8) is 0 Å². The van der Waals surface area contributed by atoms with Crippen molar-refractivity contribution in [2.75, 3.05) is 7.11 Å². The molecule has 0 spiro atoms. The molecule has 1 aromatic rings. The van der Waals surface area contributed by atoms with Crippen LogP contribution in [0.3, 0.4) is 0 Å². The summed E-state index contributed by atoms with van der Waals surface area (Å²) in [7, 11) is 1.48. The summed E-state index contributed by atoms with van der Waals surface area (Å²) >= 11 is 0. The Balaban J connectivity index is 2.19. The fraction of sp³-hybridized carbons (Fsp3) is 0.562.